The summed E-state index contributed by atoms with van der Waals surface area (Å²) in [5.74, 6) is 0.230. The van der Waals surface area contributed by atoms with E-state index in [1.165, 1.54) is 7.11 Å². The number of hydrogen-bond donors (Lipinski definition) is 0. The molecule has 4 heteroatoms. The second-order valence-electron chi connectivity index (χ2n) is 4.41. The van der Waals surface area contributed by atoms with Gasteiger partial charge in [0.1, 0.15) is 11.3 Å². The van der Waals surface area contributed by atoms with Gasteiger partial charge in [-0.25, -0.2) is 4.79 Å². The van der Waals surface area contributed by atoms with Gasteiger partial charge in [0.05, 0.1) is 13.7 Å². The predicted molar refractivity (Wildman–Crippen MR) is 71.0 cm³/mol. The Morgan fingerprint density at radius 3 is 2.61 bits per heavy atom. The van der Waals surface area contributed by atoms with Crippen molar-refractivity contribution in [3.63, 3.8) is 0 Å². The Labute approximate surface area is 108 Å². The molecule has 0 aliphatic heterocycles. The van der Waals surface area contributed by atoms with Gasteiger partial charge < -0.3 is 14.4 Å². The van der Waals surface area contributed by atoms with Crippen molar-refractivity contribution in [1.82, 2.24) is 4.90 Å². The van der Waals surface area contributed by atoms with E-state index in [-0.39, 0.29) is 5.97 Å². The van der Waals surface area contributed by atoms with Gasteiger partial charge in [0.2, 0.25) is 0 Å². The smallest absolute Gasteiger partial charge is 0.341 e. The third kappa shape index (κ3) is 4.04. The maximum Gasteiger partial charge on any atom is 0.341 e. The molecule has 4 nitrogen and oxygen atoms in total. The van der Waals surface area contributed by atoms with E-state index in [4.69, 9.17) is 9.47 Å². The SMILES string of the molecule is CCCOc1ccc(CN(C)C)cc1C(=O)OC. The third-order valence-corrected chi connectivity index (χ3v) is 2.41. The number of methoxy groups -OCH3 is 1. The first-order valence-corrected chi connectivity index (χ1v) is 6.07. The Balaban J connectivity index is 3.00. The van der Waals surface area contributed by atoms with E-state index in [0.717, 1.165) is 18.5 Å². The molecule has 0 saturated carbocycles. The second kappa shape index (κ2) is 7.01. The fraction of sp³-hybridized carbons (Fsp3) is 0.500. The van der Waals surface area contributed by atoms with Gasteiger partial charge in [-0.05, 0) is 38.2 Å². The largest absolute Gasteiger partial charge is 0.493 e. The maximum atomic E-state index is 11.7. The molecule has 1 rings (SSSR count). The van der Waals surface area contributed by atoms with E-state index in [0.29, 0.717) is 17.9 Å². The molecule has 100 valence electrons. The minimum absolute atomic E-state index is 0.360. The monoisotopic (exact) mass is 251 g/mol. The summed E-state index contributed by atoms with van der Waals surface area (Å²) in [7, 11) is 5.35. The van der Waals surface area contributed by atoms with E-state index >= 15 is 0 Å². The van der Waals surface area contributed by atoms with Gasteiger partial charge in [0.25, 0.3) is 0 Å². The van der Waals surface area contributed by atoms with E-state index in [1.54, 1.807) is 0 Å². The van der Waals surface area contributed by atoms with Crippen molar-refractivity contribution in [3.8, 4) is 5.75 Å². The number of nitrogens with zero attached hydrogens (tertiary/aromatic N) is 1. The Hall–Kier alpha value is -1.55. The van der Waals surface area contributed by atoms with E-state index < -0.39 is 0 Å². The summed E-state index contributed by atoms with van der Waals surface area (Å²) >= 11 is 0. The topological polar surface area (TPSA) is 38.8 Å². The molecule has 18 heavy (non-hydrogen) atoms. The summed E-state index contributed by atoms with van der Waals surface area (Å²) in [6, 6.07) is 5.63. The van der Waals surface area contributed by atoms with Crippen molar-refractivity contribution in [1.29, 1.82) is 0 Å². The fourth-order valence-electron chi connectivity index (χ4n) is 1.65. The van der Waals surface area contributed by atoms with Gasteiger partial charge in [-0.15, -0.1) is 0 Å². The minimum atomic E-state index is -0.360. The molecular weight excluding hydrogens is 230 g/mol. The molecule has 0 radical (unpaired) electrons. The lowest BCUT2D eigenvalue weighted by molar-refractivity contribution is 0.0596. The lowest BCUT2D eigenvalue weighted by Crippen LogP contribution is -2.12. The van der Waals surface area contributed by atoms with Gasteiger partial charge in [-0.3, -0.25) is 0 Å². The number of carbonyl (C=O) groups excluding carboxylic acids is 1. The van der Waals surface area contributed by atoms with Crippen LogP contribution in [0, 0.1) is 0 Å². The highest BCUT2D eigenvalue weighted by molar-refractivity contribution is 5.92. The number of esters is 1. The summed E-state index contributed by atoms with van der Waals surface area (Å²) in [4.78, 5) is 13.8. The van der Waals surface area contributed by atoms with Crippen LogP contribution >= 0.6 is 0 Å². The standard InChI is InChI=1S/C14H21NO3/c1-5-8-18-13-7-6-11(10-15(2)3)9-12(13)14(16)17-4/h6-7,9H,5,8,10H2,1-4H3. The number of benzene rings is 1. The number of carbonyl (C=O) groups is 1. The first-order valence-electron chi connectivity index (χ1n) is 6.07. The van der Waals surface area contributed by atoms with E-state index in [1.807, 2.05) is 44.1 Å². The van der Waals surface area contributed by atoms with Crippen LogP contribution in [0.15, 0.2) is 18.2 Å². The molecule has 0 fully saturated rings. The molecule has 0 atom stereocenters. The molecule has 0 amide bonds. The number of rotatable bonds is 6. The van der Waals surface area contributed by atoms with Gasteiger partial charge in [0, 0.05) is 6.54 Å². The highest BCUT2D eigenvalue weighted by Gasteiger charge is 2.14. The van der Waals surface area contributed by atoms with Crippen molar-refractivity contribution >= 4 is 5.97 Å². The van der Waals surface area contributed by atoms with Crippen LogP contribution in [0.3, 0.4) is 0 Å². The molecule has 0 bridgehead atoms. The molecule has 0 spiro atoms. The molecule has 1 aromatic rings. The van der Waals surface area contributed by atoms with Gasteiger partial charge in [-0.2, -0.15) is 0 Å². The molecule has 0 saturated heterocycles. The van der Waals surface area contributed by atoms with Gasteiger partial charge in [-0.1, -0.05) is 13.0 Å². The van der Waals surface area contributed by atoms with Crippen LogP contribution in [-0.4, -0.2) is 38.7 Å². The van der Waals surface area contributed by atoms with Crippen LogP contribution < -0.4 is 4.74 Å². The Bertz CT molecular complexity index is 402. The summed E-state index contributed by atoms with van der Waals surface area (Å²) < 4.78 is 10.3. The zero-order chi connectivity index (χ0) is 13.5. The predicted octanol–water partition coefficient (Wildman–Crippen LogP) is 2.32. The van der Waals surface area contributed by atoms with Crippen LogP contribution in [0.5, 0.6) is 5.75 Å². The normalized spacial score (nSPS) is 10.5. The minimum Gasteiger partial charge on any atom is -0.493 e. The highest BCUT2D eigenvalue weighted by atomic mass is 16.5. The van der Waals surface area contributed by atoms with Crippen LogP contribution in [0.25, 0.3) is 0 Å². The summed E-state index contributed by atoms with van der Waals surface area (Å²) in [6.07, 6.45) is 0.903. The van der Waals surface area contributed by atoms with Crippen LogP contribution in [0.4, 0.5) is 0 Å². The summed E-state index contributed by atoms with van der Waals surface area (Å²) in [5.41, 5.74) is 1.55. The fourth-order valence-corrected chi connectivity index (χ4v) is 1.65. The van der Waals surface area contributed by atoms with Crippen molar-refractivity contribution in [2.75, 3.05) is 27.8 Å². The Morgan fingerprint density at radius 1 is 1.33 bits per heavy atom. The number of ether oxygens (including phenoxy) is 2. The van der Waals surface area contributed by atoms with Gasteiger partial charge in [0.15, 0.2) is 0 Å². The zero-order valence-electron chi connectivity index (χ0n) is 11.5. The average Bonchev–Trinajstić information content (AvgIpc) is 2.35. The lowest BCUT2D eigenvalue weighted by atomic mass is 10.1. The van der Waals surface area contributed by atoms with Crippen molar-refractivity contribution < 1.29 is 14.3 Å². The van der Waals surface area contributed by atoms with Crippen LogP contribution in [-0.2, 0) is 11.3 Å². The molecule has 0 N–H and O–H groups in total. The Morgan fingerprint density at radius 2 is 2.06 bits per heavy atom. The van der Waals surface area contributed by atoms with Crippen molar-refractivity contribution in [2.45, 2.75) is 19.9 Å². The molecule has 0 unspecified atom stereocenters. The van der Waals surface area contributed by atoms with Crippen molar-refractivity contribution in [2.24, 2.45) is 0 Å². The third-order valence-electron chi connectivity index (χ3n) is 2.41. The molecular formula is C14H21NO3. The first-order chi connectivity index (χ1) is 8.58. The Kier molecular flexibility index (Phi) is 5.65. The lowest BCUT2D eigenvalue weighted by Gasteiger charge is -2.13. The molecule has 0 aliphatic rings. The molecule has 0 aliphatic carbocycles. The number of hydrogen-bond acceptors (Lipinski definition) is 4. The van der Waals surface area contributed by atoms with Gasteiger partial charge >= 0.3 is 5.97 Å². The molecule has 0 heterocycles. The maximum absolute atomic E-state index is 11.7. The molecule has 0 aromatic heterocycles. The second-order valence-corrected chi connectivity index (χ2v) is 4.41. The average molecular weight is 251 g/mol. The molecule has 1 aromatic carbocycles. The highest BCUT2D eigenvalue weighted by Crippen LogP contribution is 2.22. The van der Waals surface area contributed by atoms with E-state index in [2.05, 4.69) is 0 Å². The quantitative estimate of drug-likeness (QED) is 0.727. The first kappa shape index (κ1) is 14.5. The van der Waals surface area contributed by atoms with E-state index in [9.17, 15) is 4.79 Å². The van der Waals surface area contributed by atoms with Crippen LogP contribution in [0.2, 0.25) is 0 Å². The zero-order valence-corrected chi connectivity index (χ0v) is 11.5. The van der Waals surface area contributed by atoms with Crippen LogP contribution in [0.1, 0.15) is 29.3 Å². The van der Waals surface area contributed by atoms with Crippen molar-refractivity contribution in [3.05, 3.63) is 29.3 Å². The summed E-state index contributed by atoms with van der Waals surface area (Å²) in [5, 5.41) is 0. The summed E-state index contributed by atoms with van der Waals surface area (Å²) in [6.45, 7) is 3.40.